The predicted octanol–water partition coefficient (Wildman–Crippen LogP) is 0.466. The average Bonchev–Trinajstić information content (AvgIpc) is 2.94. The Bertz CT molecular complexity index is 354. The van der Waals surface area contributed by atoms with Crippen LogP contribution in [0.4, 0.5) is 4.79 Å². The monoisotopic (exact) mass is 298 g/mol. The zero-order valence-electron chi connectivity index (χ0n) is 12.7. The third-order valence-corrected chi connectivity index (χ3v) is 3.57. The van der Waals surface area contributed by atoms with Gasteiger partial charge in [0.15, 0.2) is 0 Å². The quantitative estimate of drug-likeness (QED) is 0.387. The fourth-order valence-electron chi connectivity index (χ4n) is 2.42. The maximum atomic E-state index is 11.6. The molecule has 1 aliphatic rings. The molecule has 1 fully saturated rings. The van der Waals surface area contributed by atoms with Crippen molar-refractivity contribution < 1.29 is 14.4 Å². The number of amides is 4. The van der Waals surface area contributed by atoms with Gasteiger partial charge in [-0.25, -0.2) is 4.79 Å². The van der Waals surface area contributed by atoms with Gasteiger partial charge in [-0.15, -0.1) is 0 Å². The molecule has 0 spiro atoms. The molecule has 0 radical (unpaired) electrons. The lowest BCUT2D eigenvalue weighted by molar-refractivity contribution is -0.121. The van der Waals surface area contributed by atoms with Gasteiger partial charge in [0.2, 0.25) is 11.8 Å². The van der Waals surface area contributed by atoms with Crippen LogP contribution in [-0.4, -0.2) is 37.6 Å². The van der Waals surface area contributed by atoms with E-state index in [0.29, 0.717) is 25.4 Å². The van der Waals surface area contributed by atoms with Crippen LogP contribution in [0.3, 0.4) is 0 Å². The first kappa shape index (κ1) is 17.3. The van der Waals surface area contributed by atoms with Gasteiger partial charge >= 0.3 is 6.03 Å². The van der Waals surface area contributed by atoms with E-state index in [1.165, 1.54) is 32.6 Å². The van der Waals surface area contributed by atoms with E-state index >= 15 is 0 Å². The molecule has 1 rings (SSSR count). The van der Waals surface area contributed by atoms with E-state index in [1.807, 2.05) is 0 Å². The third-order valence-electron chi connectivity index (χ3n) is 3.57. The fourth-order valence-corrected chi connectivity index (χ4v) is 2.42. The Morgan fingerprint density at radius 2 is 1.62 bits per heavy atom. The van der Waals surface area contributed by atoms with Crippen molar-refractivity contribution in [2.24, 2.45) is 5.92 Å². The van der Waals surface area contributed by atoms with Gasteiger partial charge in [0.05, 0.1) is 6.67 Å². The number of nitrogens with one attached hydrogen (secondary N) is 4. The number of hydrogen-bond donors (Lipinski definition) is 4. The topological polar surface area (TPSA) is 99.3 Å². The summed E-state index contributed by atoms with van der Waals surface area (Å²) in [6.45, 7) is 2.27. The molecule has 0 aromatic heterocycles. The van der Waals surface area contributed by atoms with Crippen LogP contribution in [0.25, 0.3) is 0 Å². The zero-order valence-corrected chi connectivity index (χ0v) is 12.7. The Hall–Kier alpha value is -1.79. The normalized spacial score (nSPS) is 14.5. The molecule has 0 atom stereocenters. The van der Waals surface area contributed by atoms with Gasteiger partial charge in [0.1, 0.15) is 0 Å². The van der Waals surface area contributed by atoms with Crippen LogP contribution in [0.2, 0.25) is 0 Å². The van der Waals surface area contributed by atoms with Crippen molar-refractivity contribution in [3.05, 3.63) is 0 Å². The van der Waals surface area contributed by atoms with Crippen molar-refractivity contribution in [1.29, 1.82) is 0 Å². The molecular weight excluding hydrogens is 272 g/mol. The summed E-state index contributed by atoms with van der Waals surface area (Å²) >= 11 is 0. The second kappa shape index (κ2) is 10.0. The SMILES string of the molecule is CC(=O)NCCNC(=O)NCNC(=O)CCC1CCCC1. The first-order valence-electron chi connectivity index (χ1n) is 7.60. The minimum absolute atomic E-state index is 0.0274. The summed E-state index contributed by atoms with van der Waals surface area (Å²) in [6, 6.07) is -0.364. The van der Waals surface area contributed by atoms with E-state index in [4.69, 9.17) is 0 Å². The lowest BCUT2D eigenvalue weighted by Gasteiger charge is -2.10. The molecule has 0 saturated heterocycles. The van der Waals surface area contributed by atoms with Crippen molar-refractivity contribution >= 4 is 17.8 Å². The highest BCUT2D eigenvalue weighted by Gasteiger charge is 2.15. The molecule has 4 N–H and O–H groups in total. The van der Waals surface area contributed by atoms with Crippen molar-refractivity contribution in [2.45, 2.75) is 45.4 Å². The Kier molecular flexibility index (Phi) is 8.23. The summed E-state index contributed by atoms with van der Waals surface area (Å²) in [5, 5.41) is 10.3. The smallest absolute Gasteiger partial charge is 0.316 e. The first-order valence-corrected chi connectivity index (χ1v) is 7.60. The fraction of sp³-hybridized carbons (Fsp3) is 0.786. The molecule has 120 valence electrons. The number of carbonyl (C=O) groups excluding carboxylic acids is 3. The van der Waals surface area contributed by atoms with Gasteiger partial charge in [-0.1, -0.05) is 25.7 Å². The lowest BCUT2D eigenvalue weighted by atomic mass is 10.0. The minimum atomic E-state index is -0.364. The number of carbonyl (C=O) groups is 3. The van der Waals surface area contributed by atoms with Gasteiger partial charge in [0, 0.05) is 26.4 Å². The molecule has 0 aromatic rings. The zero-order chi connectivity index (χ0) is 15.5. The predicted molar refractivity (Wildman–Crippen MR) is 79.4 cm³/mol. The Morgan fingerprint density at radius 1 is 0.952 bits per heavy atom. The van der Waals surface area contributed by atoms with Crippen molar-refractivity contribution in [3.8, 4) is 0 Å². The summed E-state index contributed by atoms with van der Waals surface area (Å²) < 4.78 is 0. The second-order valence-electron chi connectivity index (χ2n) is 5.38. The van der Waals surface area contributed by atoms with Gasteiger partial charge in [0.25, 0.3) is 0 Å². The van der Waals surface area contributed by atoms with Gasteiger partial charge in [-0.2, -0.15) is 0 Å². The van der Waals surface area contributed by atoms with Crippen molar-refractivity contribution in [1.82, 2.24) is 21.3 Å². The van der Waals surface area contributed by atoms with Crippen LogP contribution in [0, 0.1) is 5.92 Å². The van der Waals surface area contributed by atoms with Crippen LogP contribution < -0.4 is 21.3 Å². The molecule has 1 aliphatic carbocycles. The molecule has 0 bridgehead atoms. The Balaban J connectivity index is 1.95. The van der Waals surface area contributed by atoms with Crippen LogP contribution in [-0.2, 0) is 9.59 Å². The van der Waals surface area contributed by atoms with E-state index in [0.717, 1.165) is 6.42 Å². The number of urea groups is 1. The van der Waals surface area contributed by atoms with Crippen LogP contribution in [0.15, 0.2) is 0 Å². The van der Waals surface area contributed by atoms with Crippen molar-refractivity contribution in [2.75, 3.05) is 19.8 Å². The first-order chi connectivity index (χ1) is 10.1. The second-order valence-corrected chi connectivity index (χ2v) is 5.38. The molecule has 7 heteroatoms. The lowest BCUT2D eigenvalue weighted by Crippen LogP contribution is -2.44. The van der Waals surface area contributed by atoms with Gasteiger partial charge in [-0.05, 0) is 12.3 Å². The van der Waals surface area contributed by atoms with Crippen LogP contribution in [0.1, 0.15) is 45.4 Å². The van der Waals surface area contributed by atoms with E-state index < -0.39 is 0 Å². The van der Waals surface area contributed by atoms with Crippen molar-refractivity contribution in [3.63, 3.8) is 0 Å². The minimum Gasteiger partial charge on any atom is -0.355 e. The summed E-state index contributed by atoms with van der Waals surface area (Å²) in [7, 11) is 0. The highest BCUT2D eigenvalue weighted by molar-refractivity contribution is 5.77. The summed E-state index contributed by atoms with van der Waals surface area (Å²) in [5.74, 6) is 0.535. The molecule has 4 amide bonds. The third kappa shape index (κ3) is 8.88. The standard InChI is InChI=1S/C14H26N4O3/c1-11(19)15-8-9-16-14(21)18-10-17-13(20)7-6-12-4-2-3-5-12/h12H,2-10H2,1H3,(H,15,19)(H,17,20)(H2,16,18,21). The summed E-state index contributed by atoms with van der Waals surface area (Å²) in [6.07, 6.45) is 6.51. The van der Waals surface area contributed by atoms with Crippen LogP contribution in [0.5, 0.6) is 0 Å². The van der Waals surface area contributed by atoms with E-state index in [-0.39, 0.29) is 24.5 Å². The van der Waals surface area contributed by atoms with Crippen LogP contribution >= 0.6 is 0 Å². The van der Waals surface area contributed by atoms with E-state index in [9.17, 15) is 14.4 Å². The van der Waals surface area contributed by atoms with E-state index in [1.54, 1.807) is 0 Å². The van der Waals surface area contributed by atoms with E-state index in [2.05, 4.69) is 21.3 Å². The Labute approximate surface area is 125 Å². The molecule has 0 aliphatic heterocycles. The highest BCUT2D eigenvalue weighted by atomic mass is 16.2. The number of hydrogen-bond acceptors (Lipinski definition) is 3. The molecule has 7 nitrogen and oxygen atoms in total. The molecule has 0 aromatic carbocycles. The van der Waals surface area contributed by atoms with Gasteiger partial charge < -0.3 is 21.3 Å². The van der Waals surface area contributed by atoms with Gasteiger partial charge in [-0.3, -0.25) is 9.59 Å². The average molecular weight is 298 g/mol. The molecule has 1 saturated carbocycles. The molecular formula is C14H26N4O3. The molecule has 0 unspecified atom stereocenters. The maximum absolute atomic E-state index is 11.6. The molecule has 0 heterocycles. The summed E-state index contributed by atoms with van der Waals surface area (Å²) in [5.41, 5.74) is 0. The largest absolute Gasteiger partial charge is 0.355 e. The highest BCUT2D eigenvalue weighted by Crippen LogP contribution is 2.28. The maximum Gasteiger partial charge on any atom is 0.316 e. The Morgan fingerprint density at radius 3 is 2.29 bits per heavy atom. The number of rotatable bonds is 8. The molecule has 21 heavy (non-hydrogen) atoms. The summed E-state index contributed by atoms with van der Waals surface area (Å²) in [4.78, 5) is 33.5.